The lowest BCUT2D eigenvalue weighted by atomic mass is 10.1. The smallest absolute Gasteiger partial charge is 0.162 e. The lowest BCUT2D eigenvalue weighted by Gasteiger charge is -2.01. The Labute approximate surface area is 102 Å². The lowest BCUT2D eigenvalue weighted by molar-refractivity contribution is 0.0982. The second-order valence-electron chi connectivity index (χ2n) is 2.84. The molecule has 0 radical (unpaired) electrons. The van der Waals surface area contributed by atoms with Crippen molar-refractivity contribution < 1.29 is 4.79 Å². The summed E-state index contributed by atoms with van der Waals surface area (Å²) in [6.07, 6.45) is 1.19. The van der Waals surface area contributed by atoms with Crippen LogP contribution in [0.2, 0.25) is 5.02 Å². The molecule has 0 saturated heterocycles. The highest BCUT2D eigenvalue weighted by atomic mass is 79.9. The Bertz CT molecular complexity index is 339. The second kappa shape index (κ2) is 5.74. The van der Waals surface area contributed by atoms with Crippen LogP contribution in [0.25, 0.3) is 0 Å². The van der Waals surface area contributed by atoms with Crippen LogP contribution >= 0.6 is 39.1 Å². The summed E-state index contributed by atoms with van der Waals surface area (Å²) in [7, 11) is 0. The van der Waals surface area contributed by atoms with E-state index in [1.165, 1.54) is 0 Å². The zero-order valence-corrected chi connectivity index (χ0v) is 10.5. The molecule has 14 heavy (non-hydrogen) atoms. The van der Waals surface area contributed by atoms with Crippen LogP contribution in [0.4, 0.5) is 0 Å². The van der Waals surface area contributed by atoms with E-state index in [4.69, 9.17) is 23.2 Å². The minimum Gasteiger partial charge on any atom is -0.294 e. The summed E-state index contributed by atoms with van der Waals surface area (Å²) in [4.78, 5) is 11.5. The van der Waals surface area contributed by atoms with Crippen molar-refractivity contribution in [1.29, 1.82) is 0 Å². The monoisotopic (exact) mass is 294 g/mol. The Morgan fingerprint density at radius 3 is 2.71 bits per heavy atom. The minimum absolute atomic E-state index is 0.100. The van der Waals surface area contributed by atoms with Crippen molar-refractivity contribution in [2.24, 2.45) is 0 Å². The number of carbonyl (C=O) groups is 1. The van der Waals surface area contributed by atoms with Crippen molar-refractivity contribution in [3.05, 3.63) is 33.3 Å². The van der Waals surface area contributed by atoms with Gasteiger partial charge >= 0.3 is 0 Å². The molecule has 4 heteroatoms. The highest BCUT2D eigenvalue weighted by molar-refractivity contribution is 9.10. The number of benzene rings is 1. The molecule has 1 aromatic carbocycles. The molecule has 0 N–H and O–H groups in total. The van der Waals surface area contributed by atoms with Gasteiger partial charge < -0.3 is 0 Å². The second-order valence-corrected chi connectivity index (χ2v) is 4.48. The van der Waals surface area contributed by atoms with E-state index in [0.717, 1.165) is 4.47 Å². The normalized spacial score (nSPS) is 10.2. The summed E-state index contributed by atoms with van der Waals surface area (Å²) >= 11 is 14.6. The SMILES string of the molecule is O=C(CCCCl)c1ccc(Cl)c(Br)c1. The molecule has 0 saturated carbocycles. The van der Waals surface area contributed by atoms with Crippen molar-refractivity contribution in [2.45, 2.75) is 12.8 Å². The third-order valence-electron chi connectivity index (χ3n) is 1.78. The molecule has 0 aliphatic carbocycles. The maximum absolute atomic E-state index is 11.5. The maximum atomic E-state index is 11.5. The number of rotatable bonds is 4. The molecule has 0 aliphatic heterocycles. The molecule has 0 spiro atoms. The summed E-state index contributed by atoms with van der Waals surface area (Å²) in [6, 6.07) is 5.17. The maximum Gasteiger partial charge on any atom is 0.162 e. The van der Waals surface area contributed by atoms with Gasteiger partial charge in [-0.2, -0.15) is 0 Å². The van der Waals surface area contributed by atoms with E-state index in [1.54, 1.807) is 18.2 Å². The summed E-state index contributed by atoms with van der Waals surface area (Å²) < 4.78 is 0.746. The molecule has 1 nitrogen and oxygen atoms in total. The Hall–Kier alpha value is -0.0500. The van der Waals surface area contributed by atoms with Gasteiger partial charge in [-0.3, -0.25) is 4.79 Å². The average molecular weight is 296 g/mol. The first-order valence-corrected chi connectivity index (χ1v) is 5.90. The summed E-state index contributed by atoms with van der Waals surface area (Å²) in [5.41, 5.74) is 0.673. The van der Waals surface area contributed by atoms with Crippen molar-refractivity contribution >= 4 is 44.9 Å². The van der Waals surface area contributed by atoms with Crippen LogP contribution in [0, 0.1) is 0 Å². The van der Waals surface area contributed by atoms with Crippen LogP contribution in [0.1, 0.15) is 23.2 Å². The standard InChI is InChI=1S/C10H9BrCl2O/c11-8-6-7(3-4-9(8)13)10(14)2-1-5-12/h3-4,6H,1-2,5H2. The molecule has 0 fully saturated rings. The molecule has 1 rings (SSSR count). The predicted octanol–water partition coefficient (Wildman–Crippen LogP) is 4.30. The van der Waals surface area contributed by atoms with Gasteiger partial charge in [-0.05, 0) is 40.5 Å². The fraction of sp³-hybridized carbons (Fsp3) is 0.300. The number of hydrogen-bond donors (Lipinski definition) is 0. The quantitative estimate of drug-likeness (QED) is 0.598. The molecule has 0 atom stereocenters. The van der Waals surface area contributed by atoms with E-state index in [1.807, 2.05) is 0 Å². The van der Waals surface area contributed by atoms with Gasteiger partial charge in [0.1, 0.15) is 0 Å². The van der Waals surface area contributed by atoms with Crippen LogP contribution in [0.5, 0.6) is 0 Å². The highest BCUT2D eigenvalue weighted by Crippen LogP contribution is 2.23. The molecule has 76 valence electrons. The Balaban J connectivity index is 2.76. The summed E-state index contributed by atoms with van der Waals surface area (Å²) in [5.74, 6) is 0.614. The van der Waals surface area contributed by atoms with E-state index in [0.29, 0.717) is 29.3 Å². The van der Waals surface area contributed by atoms with Crippen LogP contribution in [0.15, 0.2) is 22.7 Å². The number of hydrogen-bond acceptors (Lipinski definition) is 1. The topological polar surface area (TPSA) is 17.1 Å². The van der Waals surface area contributed by atoms with Gasteiger partial charge in [0.2, 0.25) is 0 Å². The Kier molecular flexibility index (Phi) is 4.93. The number of carbonyl (C=O) groups excluding carboxylic acids is 1. The number of Topliss-reactive ketones (excluding diaryl/α,β-unsaturated/α-hetero) is 1. The van der Waals surface area contributed by atoms with E-state index in [2.05, 4.69) is 15.9 Å². The van der Waals surface area contributed by atoms with Crippen LogP contribution in [-0.2, 0) is 0 Å². The van der Waals surface area contributed by atoms with Crippen molar-refractivity contribution in [2.75, 3.05) is 5.88 Å². The van der Waals surface area contributed by atoms with Gasteiger partial charge in [0.15, 0.2) is 5.78 Å². The van der Waals surface area contributed by atoms with Gasteiger partial charge in [0.25, 0.3) is 0 Å². The number of halogens is 3. The van der Waals surface area contributed by atoms with Crippen molar-refractivity contribution in [3.63, 3.8) is 0 Å². The van der Waals surface area contributed by atoms with Gasteiger partial charge in [-0.15, -0.1) is 11.6 Å². The number of ketones is 1. The predicted molar refractivity (Wildman–Crippen MR) is 63.4 cm³/mol. The summed E-state index contributed by atoms with van der Waals surface area (Å²) in [6.45, 7) is 0. The van der Waals surface area contributed by atoms with E-state index in [-0.39, 0.29) is 5.78 Å². The van der Waals surface area contributed by atoms with Gasteiger partial charge in [0.05, 0.1) is 5.02 Å². The van der Waals surface area contributed by atoms with Gasteiger partial charge in [-0.25, -0.2) is 0 Å². The summed E-state index contributed by atoms with van der Waals surface area (Å²) in [5, 5.41) is 0.610. The van der Waals surface area contributed by atoms with E-state index in [9.17, 15) is 4.79 Å². The first-order valence-electron chi connectivity index (χ1n) is 4.19. The minimum atomic E-state index is 0.100. The van der Waals surface area contributed by atoms with Crippen LogP contribution in [0.3, 0.4) is 0 Å². The third kappa shape index (κ3) is 3.26. The van der Waals surface area contributed by atoms with Crippen LogP contribution in [-0.4, -0.2) is 11.7 Å². The van der Waals surface area contributed by atoms with Crippen LogP contribution < -0.4 is 0 Å². The molecule has 0 amide bonds. The van der Waals surface area contributed by atoms with Crippen molar-refractivity contribution in [3.8, 4) is 0 Å². The number of alkyl halides is 1. The van der Waals surface area contributed by atoms with E-state index < -0.39 is 0 Å². The molecule has 0 aliphatic rings. The fourth-order valence-corrected chi connectivity index (χ4v) is 1.67. The molecular weight excluding hydrogens is 287 g/mol. The Morgan fingerprint density at radius 2 is 2.14 bits per heavy atom. The molecule has 0 bridgehead atoms. The third-order valence-corrected chi connectivity index (χ3v) is 3.26. The molecule has 0 aromatic heterocycles. The van der Waals surface area contributed by atoms with Crippen molar-refractivity contribution in [1.82, 2.24) is 0 Å². The fourth-order valence-electron chi connectivity index (χ4n) is 1.04. The van der Waals surface area contributed by atoms with E-state index >= 15 is 0 Å². The average Bonchev–Trinajstić information content (AvgIpc) is 2.18. The Morgan fingerprint density at radius 1 is 1.43 bits per heavy atom. The zero-order chi connectivity index (χ0) is 10.6. The molecule has 0 heterocycles. The van der Waals surface area contributed by atoms with Gasteiger partial charge in [-0.1, -0.05) is 11.6 Å². The molecular formula is C10H9BrCl2O. The lowest BCUT2D eigenvalue weighted by Crippen LogP contribution is -1.99. The zero-order valence-electron chi connectivity index (χ0n) is 7.40. The highest BCUT2D eigenvalue weighted by Gasteiger charge is 2.07. The largest absolute Gasteiger partial charge is 0.294 e. The first kappa shape index (κ1) is 12.0. The molecule has 1 aromatic rings. The molecule has 0 unspecified atom stereocenters. The first-order chi connectivity index (χ1) is 6.65. The van der Waals surface area contributed by atoms with Gasteiger partial charge in [0, 0.05) is 22.3 Å².